The summed E-state index contributed by atoms with van der Waals surface area (Å²) in [5.41, 5.74) is -0.503. The molecule has 0 bridgehead atoms. The first-order valence-corrected chi connectivity index (χ1v) is 9.86. The third-order valence-corrected chi connectivity index (χ3v) is 5.00. The summed E-state index contributed by atoms with van der Waals surface area (Å²) in [6.07, 6.45) is 23.0. The fraction of sp³-hybridized carbons (Fsp3) is 0.950. The Morgan fingerprint density at radius 3 is 1.50 bits per heavy atom. The Kier molecular flexibility index (Phi) is 11.7. The van der Waals surface area contributed by atoms with Gasteiger partial charge in [-0.15, -0.1) is 0 Å². The lowest BCUT2D eigenvalue weighted by molar-refractivity contribution is -0.103. The molecule has 1 unspecified atom stereocenters. The maximum atomic E-state index is 10.8. The molecule has 0 aromatic carbocycles. The summed E-state index contributed by atoms with van der Waals surface area (Å²) in [4.78, 5) is 10.8. The van der Waals surface area contributed by atoms with Crippen LogP contribution in [0.15, 0.2) is 0 Å². The summed E-state index contributed by atoms with van der Waals surface area (Å²) >= 11 is 0. The van der Waals surface area contributed by atoms with E-state index in [2.05, 4.69) is 13.2 Å². The summed E-state index contributed by atoms with van der Waals surface area (Å²) in [5.74, 6) is 0. The molecule has 22 heavy (non-hydrogen) atoms. The summed E-state index contributed by atoms with van der Waals surface area (Å²) in [6, 6.07) is 0. The monoisotopic (exact) mass is 309 g/mol. The molecule has 0 aromatic heterocycles. The van der Waals surface area contributed by atoms with Crippen molar-refractivity contribution in [3.63, 3.8) is 0 Å². The second kappa shape index (κ2) is 13.1. The molecule has 0 spiro atoms. The topological polar surface area (TPSA) is 26.3 Å². The maximum Gasteiger partial charge on any atom is 0.233 e. The third kappa shape index (κ3) is 8.92. The lowest BCUT2D eigenvalue weighted by atomic mass is 9.90. The van der Waals surface area contributed by atoms with Crippen molar-refractivity contribution in [2.75, 3.05) is 6.61 Å². The molecule has 0 aromatic rings. The molecule has 0 saturated carbocycles. The van der Waals surface area contributed by atoms with Crippen molar-refractivity contribution >= 4 is 6.29 Å². The van der Waals surface area contributed by atoms with Gasteiger partial charge < -0.3 is 4.74 Å². The molecular weight excluding hydrogens is 272 g/mol. The first-order valence-electron chi connectivity index (χ1n) is 9.86. The zero-order valence-electron chi connectivity index (χ0n) is 14.8. The van der Waals surface area contributed by atoms with Crippen LogP contribution in [0.4, 0.5) is 0 Å². The number of ether oxygens (including phenoxy) is 1. The van der Waals surface area contributed by atoms with Crippen LogP contribution in [0.1, 0.15) is 110 Å². The minimum absolute atomic E-state index is 0.503. The minimum Gasteiger partial charge on any atom is -0.366 e. The van der Waals surface area contributed by atoms with Gasteiger partial charge in [0.2, 0.25) is 6.29 Å². The largest absolute Gasteiger partial charge is 0.366 e. The summed E-state index contributed by atoms with van der Waals surface area (Å²) in [6.45, 7) is 3.02. The Labute approximate surface area is 138 Å². The van der Waals surface area contributed by atoms with E-state index in [1.807, 2.05) is 0 Å². The first-order chi connectivity index (χ1) is 10.8. The molecule has 1 rings (SSSR count). The normalized spacial score (nSPS) is 20.8. The van der Waals surface area contributed by atoms with Crippen LogP contribution in [0.5, 0.6) is 0 Å². The fourth-order valence-electron chi connectivity index (χ4n) is 3.28. The average molecular weight is 310 g/mol. The lowest BCUT2D eigenvalue weighted by Gasteiger charge is -2.36. The zero-order chi connectivity index (χ0) is 15.9. The van der Waals surface area contributed by atoms with Gasteiger partial charge in [-0.25, -0.2) is 0 Å². The highest BCUT2D eigenvalue weighted by molar-refractivity contribution is 5.64. The van der Waals surface area contributed by atoms with Gasteiger partial charge >= 0.3 is 0 Å². The van der Waals surface area contributed by atoms with Crippen LogP contribution in [0.25, 0.3) is 0 Å². The predicted octanol–water partition coefficient (Wildman–Crippen LogP) is 6.13. The molecule has 1 heterocycles. The molecule has 1 aliphatic heterocycles. The van der Waals surface area contributed by atoms with Gasteiger partial charge in [0.05, 0.1) is 6.61 Å². The number of hydrogen-bond acceptors (Lipinski definition) is 2. The molecule has 1 saturated heterocycles. The van der Waals surface area contributed by atoms with E-state index in [1.54, 1.807) is 0 Å². The van der Waals surface area contributed by atoms with E-state index in [1.165, 1.54) is 83.5 Å². The average Bonchev–Trinajstić information content (AvgIpc) is 2.50. The summed E-state index contributed by atoms with van der Waals surface area (Å²) < 4.78 is 5.36. The van der Waals surface area contributed by atoms with E-state index >= 15 is 0 Å². The van der Waals surface area contributed by atoms with Gasteiger partial charge in [-0.2, -0.15) is 0 Å². The minimum atomic E-state index is -0.503. The zero-order valence-corrected chi connectivity index (χ0v) is 14.8. The molecule has 1 radical (unpaired) electrons. The van der Waals surface area contributed by atoms with E-state index in [9.17, 15) is 4.79 Å². The van der Waals surface area contributed by atoms with Crippen molar-refractivity contribution < 1.29 is 9.53 Å². The smallest absolute Gasteiger partial charge is 0.233 e. The van der Waals surface area contributed by atoms with E-state index in [-0.39, 0.29) is 0 Å². The van der Waals surface area contributed by atoms with E-state index < -0.39 is 5.60 Å². The third-order valence-electron chi connectivity index (χ3n) is 5.00. The van der Waals surface area contributed by atoms with Crippen LogP contribution < -0.4 is 0 Å². The van der Waals surface area contributed by atoms with Crippen LogP contribution in [0.2, 0.25) is 0 Å². The van der Waals surface area contributed by atoms with Crippen LogP contribution in [-0.2, 0) is 9.53 Å². The summed E-state index contributed by atoms with van der Waals surface area (Å²) in [5, 5.41) is 0. The van der Waals surface area contributed by atoms with Gasteiger partial charge in [0.25, 0.3) is 0 Å². The van der Waals surface area contributed by atoms with E-state index in [0.717, 1.165) is 25.9 Å². The second-order valence-electron chi connectivity index (χ2n) is 7.04. The fourth-order valence-corrected chi connectivity index (χ4v) is 3.28. The van der Waals surface area contributed by atoms with E-state index in [0.29, 0.717) is 0 Å². The van der Waals surface area contributed by atoms with Gasteiger partial charge in [-0.05, 0) is 6.42 Å². The number of carbonyl (C=O) groups excluding carboxylic acids is 1. The maximum absolute atomic E-state index is 10.8. The molecule has 0 amide bonds. The van der Waals surface area contributed by atoms with Gasteiger partial charge in [-0.3, -0.25) is 4.79 Å². The Bertz CT molecular complexity index is 258. The highest BCUT2D eigenvalue weighted by Crippen LogP contribution is 2.30. The van der Waals surface area contributed by atoms with Crippen LogP contribution in [0, 0.1) is 0 Å². The molecule has 1 atom stereocenters. The summed E-state index contributed by atoms with van der Waals surface area (Å²) in [7, 11) is 0. The molecule has 1 fully saturated rings. The quantitative estimate of drug-likeness (QED) is 0.321. The SMILES string of the molecule is CCCCCCCCCCCCCCCCC1([C]=O)CCO1. The van der Waals surface area contributed by atoms with Crippen LogP contribution in [-0.4, -0.2) is 18.5 Å². The van der Waals surface area contributed by atoms with Crippen molar-refractivity contribution in [2.24, 2.45) is 0 Å². The van der Waals surface area contributed by atoms with Gasteiger partial charge in [-0.1, -0.05) is 96.8 Å². The van der Waals surface area contributed by atoms with Crippen LogP contribution in [0.3, 0.4) is 0 Å². The lowest BCUT2D eigenvalue weighted by Crippen LogP contribution is -2.45. The number of hydrogen-bond donors (Lipinski definition) is 0. The van der Waals surface area contributed by atoms with Gasteiger partial charge in [0.1, 0.15) is 5.60 Å². The van der Waals surface area contributed by atoms with Crippen molar-refractivity contribution in [1.29, 1.82) is 0 Å². The van der Waals surface area contributed by atoms with Crippen molar-refractivity contribution in [2.45, 2.75) is 115 Å². The van der Waals surface area contributed by atoms with Gasteiger partial charge in [0, 0.05) is 6.42 Å². The highest BCUT2D eigenvalue weighted by Gasteiger charge is 2.38. The number of unbranched alkanes of at least 4 members (excludes halogenated alkanes) is 13. The molecule has 1 aliphatic rings. The Balaban J connectivity index is 1.72. The Morgan fingerprint density at radius 1 is 0.773 bits per heavy atom. The second-order valence-corrected chi connectivity index (χ2v) is 7.04. The highest BCUT2D eigenvalue weighted by atomic mass is 16.5. The standard InChI is InChI=1S/C20H37O2/c1-2-3-4-5-6-7-8-9-10-11-12-13-14-15-16-20(19-21)17-18-22-20/h2-18H2,1H3. The number of rotatable bonds is 16. The van der Waals surface area contributed by atoms with Crippen molar-refractivity contribution in [1.82, 2.24) is 0 Å². The Morgan fingerprint density at radius 2 is 1.18 bits per heavy atom. The molecule has 2 nitrogen and oxygen atoms in total. The van der Waals surface area contributed by atoms with Crippen LogP contribution >= 0.6 is 0 Å². The van der Waals surface area contributed by atoms with Gasteiger partial charge in [0.15, 0.2) is 0 Å². The Hall–Kier alpha value is -0.370. The van der Waals surface area contributed by atoms with Crippen molar-refractivity contribution in [3.05, 3.63) is 0 Å². The van der Waals surface area contributed by atoms with Crippen molar-refractivity contribution in [3.8, 4) is 0 Å². The molecule has 2 heteroatoms. The van der Waals surface area contributed by atoms with E-state index in [4.69, 9.17) is 4.74 Å². The molecular formula is C20H37O2. The first kappa shape index (κ1) is 19.7. The molecule has 129 valence electrons. The molecule has 0 N–H and O–H groups in total. The predicted molar refractivity (Wildman–Crippen MR) is 93.9 cm³/mol. The molecule has 0 aliphatic carbocycles.